The zero-order valence-electron chi connectivity index (χ0n) is 10.7. The lowest BCUT2D eigenvalue weighted by Crippen LogP contribution is -2.21. The molecule has 2 atom stereocenters. The van der Waals surface area contributed by atoms with Crippen molar-refractivity contribution >= 4 is 5.97 Å². The molecule has 4 heteroatoms. The molecule has 0 aromatic carbocycles. The van der Waals surface area contributed by atoms with Crippen LogP contribution in [0.5, 0.6) is 0 Å². The van der Waals surface area contributed by atoms with Crippen LogP contribution in [0, 0.1) is 0 Å². The number of hydrogen-bond donors (Lipinski definition) is 0. The average molecular weight is 249 g/mol. The first-order valence-corrected chi connectivity index (χ1v) is 6.44. The highest BCUT2D eigenvalue weighted by molar-refractivity contribution is 5.70. The van der Waals surface area contributed by atoms with Crippen LogP contribution < -0.4 is 0 Å². The predicted octanol–water partition coefficient (Wildman–Crippen LogP) is 2.12. The van der Waals surface area contributed by atoms with Crippen molar-refractivity contribution in [1.82, 2.24) is 4.98 Å². The van der Waals surface area contributed by atoms with E-state index in [9.17, 15) is 4.79 Å². The molecule has 0 bridgehead atoms. The molecule has 1 aliphatic heterocycles. The summed E-state index contributed by atoms with van der Waals surface area (Å²) in [7, 11) is 0. The molecule has 0 radical (unpaired) electrons. The van der Waals surface area contributed by atoms with Crippen LogP contribution >= 0.6 is 0 Å². The van der Waals surface area contributed by atoms with E-state index in [0.29, 0.717) is 12.8 Å². The summed E-state index contributed by atoms with van der Waals surface area (Å²) in [6.45, 7) is 2.67. The minimum atomic E-state index is -0.168. The summed E-state index contributed by atoms with van der Waals surface area (Å²) in [5, 5.41) is 0. The number of hydrogen-bond acceptors (Lipinski definition) is 4. The van der Waals surface area contributed by atoms with Gasteiger partial charge in [-0.05, 0) is 31.4 Å². The summed E-state index contributed by atoms with van der Waals surface area (Å²) >= 11 is 0. The zero-order chi connectivity index (χ0) is 12.8. The molecule has 4 nitrogen and oxygen atoms in total. The van der Waals surface area contributed by atoms with Gasteiger partial charge in [-0.3, -0.25) is 9.78 Å². The van der Waals surface area contributed by atoms with Gasteiger partial charge in [0.05, 0.1) is 12.5 Å². The Morgan fingerprint density at radius 3 is 3.22 bits per heavy atom. The van der Waals surface area contributed by atoms with Crippen molar-refractivity contribution in [2.75, 3.05) is 6.61 Å². The van der Waals surface area contributed by atoms with Crippen LogP contribution in [0.25, 0.3) is 0 Å². The van der Waals surface area contributed by atoms with Crippen LogP contribution in [0.4, 0.5) is 0 Å². The molecule has 1 aliphatic rings. The average Bonchev–Trinajstić information content (AvgIpc) is 2.82. The number of carbonyl (C=O) groups excluding carboxylic acids is 1. The Morgan fingerprint density at radius 2 is 2.56 bits per heavy atom. The van der Waals surface area contributed by atoms with Crippen molar-refractivity contribution in [3.05, 3.63) is 30.1 Å². The number of pyridine rings is 1. The maximum absolute atomic E-state index is 11.7. The molecule has 0 aliphatic carbocycles. The van der Waals surface area contributed by atoms with Crippen molar-refractivity contribution in [2.24, 2.45) is 0 Å². The molecule has 0 unspecified atom stereocenters. The maximum atomic E-state index is 11.7. The lowest BCUT2D eigenvalue weighted by Gasteiger charge is -2.15. The molecule has 1 saturated heterocycles. The van der Waals surface area contributed by atoms with Gasteiger partial charge in [-0.2, -0.15) is 0 Å². The third-order valence-corrected chi connectivity index (χ3v) is 3.00. The molecular formula is C14H19NO3. The van der Waals surface area contributed by atoms with E-state index in [0.717, 1.165) is 25.0 Å². The van der Waals surface area contributed by atoms with E-state index in [2.05, 4.69) is 4.98 Å². The molecule has 1 aromatic heterocycles. The Morgan fingerprint density at radius 1 is 1.67 bits per heavy atom. The predicted molar refractivity (Wildman–Crippen MR) is 67.1 cm³/mol. The Hall–Kier alpha value is -1.42. The van der Waals surface area contributed by atoms with Gasteiger partial charge in [0.1, 0.15) is 6.10 Å². The van der Waals surface area contributed by atoms with Crippen LogP contribution in [0.15, 0.2) is 24.5 Å². The molecule has 0 spiro atoms. The molecule has 2 rings (SSSR count). The second kappa shape index (κ2) is 6.50. The van der Waals surface area contributed by atoms with E-state index in [1.165, 1.54) is 0 Å². The monoisotopic (exact) mass is 249 g/mol. The van der Waals surface area contributed by atoms with E-state index in [-0.39, 0.29) is 18.2 Å². The molecule has 18 heavy (non-hydrogen) atoms. The number of aromatic nitrogens is 1. The fourth-order valence-electron chi connectivity index (χ4n) is 2.16. The van der Waals surface area contributed by atoms with Gasteiger partial charge < -0.3 is 9.47 Å². The summed E-state index contributed by atoms with van der Waals surface area (Å²) in [5.41, 5.74) is 1.08. The summed E-state index contributed by atoms with van der Waals surface area (Å²) in [6, 6.07) is 3.87. The molecule has 0 saturated carbocycles. The number of rotatable bonds is 5. The molecule has 0 N–H and O–H groups in total. The van der Waals surface area contributed by atoms with E-state index in [4.69, 9.17) is 9.47 Å². The van der Waals surface area contributed by atoms with Crippen molar-refractivity contribution in [1.29, 1.82) is 0 Å². The van der Waals surface area contributed by atoms with E-state index in [1.54, 1.807) is 12.4 Å². The first kappa shape index (κ1) is 13.0. The van der Waals surface area contributed by atoms with E-state index in [1.807, 2.05) is 19.1 Å². The first-order chi connectivity index (χ1) is 8.74. The smallest absolute Gasteiger partial charge is 0.308 e. The van der Waals surface area contributed by atoms with Crippen molar-refractivity contribution < 1.29 is 14.3 Å². The van der Waals surface area contributed by atoms with E-state index >= 15 is 0 Å². The van der Waals surface area contributed by atoms with Gasteiger partial charge >= 0.3 is 5.97 Å². The lowest BCUT2D eigenvalue weighted by atomic mass is 10.1. The van der Waals surface area contributed by atoms with Crippen LogP contribution in [0.2, 0.25) is 0 Å². The fourth-order valence-corrected chi connectivity index (χ4v) is 2.16. The minimum Gasteiger partial charge on any atom is -0.462 e. The Kier molecular flexibility index (Phi) is 4.70. The third-order valence-electron chi connectivity index (χ3n) is 3.00. The normalized spacial score (nSPS) is 20.6. The second-order valence-corrected chi connectivity index (χ2v) is 4.71. The Labute approximate surface area is 107 Å². The molecule has 0 amide bonds. The highest BCUT2D eigenvalue weighted by Crippen LogP contribution is 2.16. The molecule has 1 aromatic rings. The van der Waals surface area contributed by atoms with Crippen LogP contribution in [-0.2, 0) is 20.7 Å². The highest BCUT2D eigenvalue weighted by atomic mass is 16.5. The van der Waals surface area contributed by atoms with Crippen LogP contribution in [-0.4, -0.2) is 29.8 Å². The lowest BCUT2D eigenvalue weighted by molar-refractivity contribution is -0.150. The van der Waals surface area contributed by atoms with Crippen molar-refractivity contribution in [3.63, 3.8) is 0 Å². The van der Waals surface area contributed by atoms with Gasteiger partial charge in [-0.1, -0.05) is 6.07 Å². The summed E-state index contributed by atoms with van der Waals surface area (Å²) < 4.78 is 10.8. The maximum Gasteiger partial charge on any atom is 0.308 e. The Bertz CT molecular complexity index is 374. The summed E-state index contributed by atoms with van der Waals surface area (Å²) in [4.78, 5) is 15.7. The number of carbonyl (C=O) groups is 1. The second-order valence-electron chi connectivity index (χ2n) is 4.71. The van der Waals surface area contributed by atoms with Gasteiger partial charge in [0.2, 0.25) is 0 Å². The number of ether oxygens (including phenoxy) is 2. The van der Waals surface area contributed by atoms with Crippen molar-refractivity contribution in [2.45, 2.75) is 44.8 Å². The standard InChI is InChI=1S/C14H19NO3/c1-11(8-12-4-2-6-15-10-12)18-14(16)9-13-5-3-7-17-13/h2,4,6,10-11,13H,3,5,7-9H2,1H3/t11-,13-/m0/s1. The molecule has 2 heterocycles. The van der Waals surface area contributed by atoms with Gasteiger partial charge in [0.15, 0.2) is 0 Å². The van der Waals surface area contributed by atoms with Gasteiger partial charge in [0.25, 0.3) is 0 Å². The quantitative estimate of drug-likeness (QED) is 0.750. The highest BCUT2D eigenvalue weighted by Gasteiger charge is 2.21. The minimum absolute atomic E-state index is 0.0584. The zero-order valence-corrected chi connectivity index (χ0v) is 10.7. The van der Waals surface area contributed by atoms with Gasteiger partial charge in [0, 0.05) is 25.4 Å². The van der Waals surface area contributed by atoms with Gasteiger partial charge in [-0.15, -0.1) is 0 Å². The number of esters is 1. The molecule has 98 valence electrons. The SMILES string of the molecule is C[C@@H](Cc1cccnc1)OC(=O)C[C@@H]1CCCO1. The van der Waals surface area contributed by atoms with Crippen LogP contribution in [0.3, 0.4) is 0 Å². The Balaban J connectivity index is 1.73. The summed E-state index contributed by atoms with van der Waals surface area (Å²) in [5.74, 6) is -0.168. The fraction of sp³-hybridized carbons (Fsp3) is 0.571. The topological polar surface area (TPSA) is 48.4 Å². The van der Waals surface area contributed by atoms with E-state index < -0.39 is 0 Å². The summed E-state index contributed by atoms with van der Waals surface area (Å²) in [6.07, 6.45) is 6.55. The van der Waals surface area contributed by atoms with Crippen LogP contribution in [0.1, 0.15) is 31.7 Å². The van der Waals surface area contributed by atoms with Crippen molar-refractivity contribution in [3.8, 4) is 0 Å². The largest absolute Gasteiger partial charge is 0.462 e. The number of nitrogens with zero attached hydrogens (tertiary/aromatic N) is 1. The van der Waals surface area contributed by atoms with Gasteiger partial charge in [-0.25, -0.2) is 0 Å². The third kappa shape index (κ3) is 4.11. The molecular weight excluding hydrogens is 230 g/mol. The molecule has 1 fully saturated rings. The first-order valence-electron chi connectivity index (χ1n) is 6.44.